The molecule has 0 heterocycles. The van der Waals surface area contributed by atoms with E-state index in [0.29, 0.717) is 6.42 Å². The third-order valence-corrected chi connectivity index (χ3v) is 4.42. The van der Waals surface area contributed by atoms with Gasteiger partial charge in [0.2, 0.25) is 0 Å². The van der Waals surface area contributed by atoms with Gasteiger partial charge in [-0.2, -0.15) is 0 Å². The Morgan fingerprint density at radius 3 is 2.71 bits per heavy atom. The van der Waals surface area contributed by atoms with Crippen LogP contribution in [0, 0.1) is 5.92 Å². The fraction of sp³-hybridized carbons (Fsp3) is 0.619. The first-order valence-electron chi connectivity index (χ1n) is 9.35. The van der Waals surface area contributed by atoms with Crippen molar-refractivity contribution in [1.82, 2.24) is 0 Å². The van der Waals surface area contributed by atoms with Crippen molar-refractivity contribution in [2.75, 3.05) is 7.11 Å². The molecule has 0 saturated heterocycles. The Labute approximate surface area is 146 Å². The average Bonchev–Trinajstić information content (AvgIpc) is 2.94. The predicted octanol–water partition coefficient (Wildman–Crippen LogP) is 5.32. The number of allylic oxidation sites excluding steroid dienone is 6. The van der Waals surface area contributed by atoms with Gasteiger partial charge in [0, 0.05) is 17.9 Å². The van der Waals surface area contributed by atoms with Crippen molar-refractivity contribution in [3.8, 4) is 0 Å². The Hall–Kier alpha value is -1.64. The molecule has 1 rings (SSSR count). The summed E-state index contributed by atoms with van der Waals surface area (Å²) in [4.78, 5) is 23.0. The normalized spacial score (nSPS) is 18.8. The smallest absolute Gasteiger partial charge is 0.305 e. The number of carbonyl (C=O) groups excluding carboxylic acids is 2. The van der Waals surface area contributed by atoms with Gasteiger partial charge in [0.15, 0.2) is 5.78 Å². The number of hydrogen-bond donors (Lipinski definition) is 0. The Morgan fingerprint density at radius 1 is 1.17 bits per heavy atom. The fourth-order valence-electron chi connectivity index (χ4n) is 2.91. The molecule has 1 aliphatic rings. The molecule has 0 aromatic rings. The monoisotopic (exact) mass is 332 g/mol. The molecule has 1 aliphatic carbocycles. The molecule has 0 aliphatic heterocycles. The Kier molecular flexibility index (Phi) is 10.8. The minimum Gasteiger partial charge on any atom is -0.469 e. The maximum absolute atomic E-state index is 12.0. The molecule has 134 valence electrons. The van der Waals surface area contributed by atoms with Gasteiger partial charge in [-0.1, -0.05) is 63.3 Å². The summed E-state index contributed by atoms with van der Waals surface area (Å²) in [5.74, 6) is 0.289. The van der Waals surface area contributed by atoms with Crippen LogP contribution in [-0.4, -0.2) is 18.9 Å². The first-order valence-corrected chi connectivity index (χ1v) is 9.35. The summed E-state index contributed by atoms with van der Waals surface area (Å²) in [6.07, 6.45) is 20.4. The van der Waals surface area contributed by atoms with Gasteiger partial charge < -0.3 is 4.74 Å². The molecule has 0 radical (unpaired) electrons. The highest BCUT2D eigenvalue weighted by molar-refractivity contribution is 6.07. The zero-order valence-electron chi connectivity index (χ0n) is 15.3. The number of ketones is 1. The van der Waals surface area contributed by atoms with Gasteiger partial charge in [0.1, 0.15) is 0 Å². The summed E-state index contributed by atoms with van der Waals surface area (Å²) in [6, 6.07) is 0. The van der Waals surface area contributed by atoms with Crippen LogP contribution in [0.15, 0.2) is 36.0 Å². The molecule has 0 spiro atoms. The minimum absolute atomic E-state index is 0.129. The van der Waals surface area contributed by atoms with Gasteiger partial charge in [0.25, 0.3) is 0 Å². The number of hydrogen-bond acceptors (Lipinski definition) is 3. The van der Waals surface area contributed by atoms with Gasteiger partial charge in [0.05, 0.1) is 7.11 Å². The van der Waals surface area contributed by atoms with Crippen LogP contribution in [-0.2, 0) is 14.3 Å². The highest BCUT2D eigenvalue weighted by Crippen LogP contribution is 2.27. The maximum Gasteiger partial charge on any atom is 0.305 e. The quantitative estimate of drug-likeness (QED) is 0.276. The molecule has 3 heteroatoms. The molecule has 0 saturated carbocycles. The number of rotatable bonds is 12. The van der Waals surface area contributed by atoms with E-state index >= 15 is 0 Å². The standard InChI is InChI=1S/C21H32O3/c1-3-4-5-6-7-11-14-19-18(16-17-20(19)22)13-10-8-9-12-15-21(23)24-2/h7,11,14,16-18H,3-6,8-10,12-13,15H2,1-2H3. The molecule has 0 amide bonds. The van der Waals surface area contributed by atoms with E-state index in [0.717, 1.165) is 44.1 Å². The van der Waals surface area contributed by atoms with E-state index in [-0.39, 0.29) is 17.7 Å². The summed E-state index contributed by atoms with van der Waals surface area (Å²) in [5.41, 5.74) is 0.927. The van der Waals surface area contributed by atoms with E-state index < -0.39 is 0 Å². The van der Waals surface area contributed by atoms with Crippen LogP contribution in [0.5, 0.6) is 0 Å². The van der Waals surface area contributed by atoms with Gasteiger partial charge in [-0.25, -0.2) is 0 Å². The average molecular weight is 332 g/mol. The molecule has 3 nitrogen and oxygen atoms in total. The van der Waals surface area contributed by atoms with Crippen LogP contribution >= 0.6 is 0 Å². The van der Waals surface area contributed by atoms with E-state index in [1.165, 1.54) is 26.4 Å². The number of ether oxygens (including phenoxy) is 1. The zero-order valence-corrected chi connectivity index (χ0v) is 15.3. The van der Waals surface area contributed by atoms with E-state index in [2.05, 4.69) is 17.7 Å². The molecule has 0 aromatic carbocycles. The summed E-state index contributed by atoms with van der Waals surface area (Å²) < 4.78 is 4.63. The summed E-state index contributed by atoms with van der Waals surface area (Å²) in [7, 11) is 1.43. The lowest BCUT2D eigenvalue weighted by Gasteiger charge is -2.09. The van der Waals surface area contributed by atoms with Gasteiger partial charge in [-0.05, 0) is 31.8 Å². The predicted molar refractivity (Wildman–Crippen MR) is 98.7 cm³/mol. The van der Waals surface area contributed by atoms with E-state index in [1.54, 1.807) is 6.08 Å². The lowest BCUT2D eigenvalue weighted by atomic mass is 9.94. The molecule has 1 unspecified atom stereocenters. The second-order valence-electron chi connectivity index (χ2n) is 6.40. The van der Waals surface area contributed by atoms with Crippen LogP contribution in [0.1, 0.15) is 71.1 Å². The highest BCUT2D eigenvalue weighted by atomic mass is 16.5. The Balaban J connectivity index is 2.26. The molecule has 1 atom stereocenters. The largest absolute Gasteiger partial charge is 0.469 e. The van der Waals surface area contributed by atoms with E-state index in [9.17, 15) is 9.59 Å². The number of methoxy groups -OCH3 is 1. The van der Waals surface area contributed by atoms with E-state index in [1.807, 2.05) is 18.2 Å². The van der Waals surface area contributed by atoms with Gasteiger partial charge >= 0.3 is 5.97 Å². The van der Waals surface area contributed by atoms with Crippen molar-refractivity contribution in [2.45, 2.75) is 71.1 Å². The van der Waals surface area contributed by atoms with Crippen LogP contribution < -0.4 is 0 Å². The topological polar surface area (TPSA) is 43.4 Å². The van der Waals surface area contributed by atoms with Crippen LogP contribution in [0.4, 0.5) is 0 Å². The Bertz CT molecular complexity index is 471. The zero-order chi connectivity index (χ0) is 17.6. The number of esters is 1. The summed E-state index contributed by atoms with van der Waals surface area (Å²) in [6.45, 7) is 2.20. The molecular weight excluding hydrogens is 300 g/mol. The summed E-state index contributed by atoms with van der Waals surface area (Å²) >= 11 is 0. The Morgan fingerprint density at radius 2 is 1.96 bits per heavy atom. The second-order valence-corrected chi connectivity index (χ2v) is 6.40. The first kappa shape index (κ1) is 20.4. The van der Waals surface area contributed by atoms with E-state index in [4.69, 9.17) is 0 Å². The fourth-order valence-corrected chi connectivity index (χ4v) is 2.91. The van der Waals surface area contributed by atoms with Crippen molar-refractivity contribution in [1.29, 1.82) is 0 Å². The minimum atomic E-state index is -0.129. The lowest BCUT2D eigenvalue weighted by molar-refractivity contribution is -0.140. The van der Waals surface area contributed by atoms with Crippen molar-refractivity contribution in [3.63, 3.8) is 0 Å². The van der Waals surface area contributed by atoms with Crippen LogP contribution in [0.2, 0.25) is 0 Å². The molecule has 24 heavy (non-hydrogen) atoms. The molecule has 0 fully saturated rings. The van der Waals surface area contributed by atoms with Crippen molar-refractivity contribution in [3.05, 3.63) is 36.0 Å². The molecular formula is C21H32O3. The first-order chi connectivity index (χ1) is 11.7. The van der Waals surface area contributed by atoms with Crippen molar-refractivity contribution < 1.29 is 14.3 Å². The summed E-state index contributed by atoms with van der Waals surface area (Å²) in [5, 5.41) is 0. The third-order valence-electron chi connectivity index (χ3n) is 4.42. The van der Waals surface area contributed by atoms with Crippen molar-refractivity contribution >= 4 is 11.8 Å². The second kappa shape index (κ2) is 12.7. The maximum atomic E-state index is 12.0. The lowest BCUT2D eigenvalue weighted by Crippen LogP contribution is -2.03. The highest BCUT2D eigenvalue weighted by Gasteiger charge is 2.21. The third kappa shape index (κ3) is 8.28. The van der Waals surface area contributed by atoms with Gasteiger partial charge in [-0.3, -0.25) is 9.59 Å². The van der Waals surface area contributed by atoms with Crippen LogP contribution in [0.25, 0.3) is 0 Å². The number of unbranched alkanes of at least 4 members (excludes halogenated alkanes) is 6. The van der Waals surface area contributed by atoms with Gasteiger partial charge in [-0.15, -0.1) is 0 Å². The van der Waals surface area contributed by atoms with Crippen molar-refractivity contribution in [2.24, 2.45) is 5.92 Å². The van der Waals surface area contributed by atoms with Crippen LogP contribution in [0.3, 0.4) is 0 Å². The molecule has 0 aromatic heterocycles. The number of carbonyl (C=O) groups is 2. The molecule has 0 bridgehead atoms. The SMILES string of the molecule is CCCCCC=CC=C1C(=O)C=CC1CCCCCCC(=O)OC. The molecule has 0 N–H and O–H groups in total.